The van der Waals surface area contributed by atoms with Crippen molar-refractivity contribution >= 4 is 22.9 Å². The summed E-state index contributed by atoms with van der Waals surface area (Å²) in [6, 6.07) is 8.15. The molecule has 2 nitrogen and oxygen atoms in total. The Labute approximate surface area is 111 Å². The minimum absolute atomic E-state index is 0.341. The molecule has 2 rings (SSSR count). The molecule has 1 aromatic carbocycles. The van der Waals surface area contributed by atoms with Crippen molar-refractivity contribution in [2.24, 2.45) is 0 Å². The second-order valence-corrected chi connectivity index (χ2v) is 5.45. The van der Waals surface area contributed by atoms with Gasteiger partial charge in [0.05, 0.1) is 5.69 Å². The maximum atomic E-state index is 5.88. The smallest absolute Gasteiger partial charge is 0.123 e. The number of nitrogens with zero attached hydrogens (tertiary/aromatic N) is 1. The predicted octanol–water partition coefficient (Wildman–Crippen LogP) is 4.05. The summed E-state index contributed by atoms with van der Waals surface area (Å²) < 4.78 is 0. The summed E-state index contributed by atoms with van der Waals surface area (Å²) in [6.45, 7) is 4.20. The largest absolute Gasteiger partial charge is 0.312 e. The molecule has 2 aromatic rings. The zero-order valence-corrected chi connectivity index (χ0v) is 11.7. The summed E-state index contributed by atoms with van der Waals surface area (Å²) in [6.07, 6.45) is 0. The average molecular weight is 267 g/mol. The van der Waals surface area contributed by atoms with Gasteiger partial charge in [0.15, 0.2) is 0 Å². The number of thiazole rings is 1. The number of rotatable bonds is 3. The van der Waals surface area contributed by atoms with Crippen LogP contribution in [-0.2, 0) is 0 Å². The third kappa shape index (κ3) is 2.68. The molecular weight excluding hydrogens is 252 g/mol. The van der Waals surface area contributed by atoms with Crippen molar-refractivity contribution in [2.45, 2.75) is 19.9 Å². The Bertz CT molecular complexity index is 505. The molecule has 0 bridgehead atoms. The molecule has 1 heterocycles. The molecule has 90 valence electrons. The number of nitrogens with one attached hydrogen (secondary N) is 1. The van der Waals surface area contributed by atoms with Crippen molar-refractivity contribution in [2.75, 3.05) is 7.05 Å². The van der Waals surface area contributed by atoms with Crippen molar-refractivity contribution in [3.8, 4) is 10.6 Å². The highest BCUT2D eigenvalue weighted by Gasteiger charge is 2.13. The molecule has 0 amide bonds. The van der Waals surface area contributed by atoms with E-state index in [1.165, 1.54) is 4.88 Å². The van der Waals surface area contributed by atoms with Crippen LogP contribution in [0.15, 0.2) is 24.3 Å². The summed E-state index contributed by atoms with van der Waals surface area (Å²) in [7, 11) is 1.96. The van der Waals surface area contributed by atoms with Gasteiger partial charge in [-0.3, -0.25) is 0 Å². The molecule has 0 fully saturated rings. The highest BCUT2D eigenvalue weighted by molar-refractivity contribution is 7.15. The van der Waals surface area contributed by atoms with Gasteiger partial charge in [0, 0.05) is 21.5 Å². The second kappa shape index (κ2) is 5.17. The molecular formula is C13H15ClN2S. The van der Waals surface area contributed by atoms with Gasteiger partial charge in [0.2, 0.25) is 0 Å². The zero-order valence-electron chi connectivity index (χ0n) is 10.1. The van der Waals surface area contributed by atoms with Gasteiger partial charge in [-0.25, -0.2) is 4.98 Å². The van der Waals surface area contributed by atoms with E-state index in [4.69, 9.17) is 11.6 Å². The van der Waals surface area contributed by atoms with Crippen LogP contribution >= 0.6 is 22.9 Å². The number of halogens is 1. The normalized spacial score (nSPS) is 12.7. The van der Waals surface area contributed by atoms with Crippen molar-refractivity contribution in [1.29, 1.82) is 0 Å². The highest BCUT2D eigenvalue weighted by Crippen LogP contribution is 2.31. The van der Waals surface area contributed by atoms with Gasteiger partial charge in [-0.15, -0.1) is 11.3 Å². The molecule has 0 aliphatic carbocycles. The van der Waals surface area contributed by atoms with E-state index in [2.05, 4.69) is 24.1 Å². The fourth-order valence-electron chi connectivity index (χ4n) is 1.66. The Morgan fingerprint density at radius 3 is 2.53 bits per heavy atom. The predicted molar refractivity (Wildman–Crippen MR) is 74.8 cm³/mol. The highest BCUT2D eigenvalue weighted by atomic mass is 35.5. The van der Waals surface area contributed by atoms with Gasteiger partial charge in [-0.05, 0) is 33.0 Å². The Morgan fingerprint density at radius 1 is 1.29 bits per heavy atom. The number of hydrogen-bond donors (Lipinski definition) is 1. The fourth-order valence-corrected chi connectivity index (χ4v) is 2.92. The second-order valence-electron chi connectivity index (χ2n) is 3.99. The summed E-state index contributed by atoms with van der Waals surface area (Å²) in [5.41, 5.74) is 2.22. The molecule has 1 N–H and O–H groups in total. The van der Waals surface area contributed by atoms with E-state index in [-0.39, 0.29) is 0 Å². The van der Waals surface area contributed by atoms with Crippen molar-refractivity contribution < 1.29 is 0 Å². The Morgan fingerprint density at radius 2 is 1.94 bits per heavy atom. The zero-order chi connectivity index (χ0) is 12.4. The third-order valence-corrected chi connectivity index (χ3v) is 4.39. The Balaban J connectivity index is 2.37. The molecule has 0 saturated heterocycles. The van der Waals surface area contributed by atoms with E-state index in [0.29, 0.717) is 6.04 Å². The van der Waals surface area contributed by atoms with Gasteiger partial charge in [0.1, 0.15) is 5.01 Å². The van der Waals surface area contributed by atoms with Gasteiger partial charge in [-0.2, -0.15) is 0 Å². The van der Waals surface area contributed by atoms with E-state index in [9.17, 15) is 0 Å². The van der Waals surface area contributed by atoms with Crippen LogP contribution in [0.2, 0.25) is 5.02 Å². The molecule has 1 unspecified atom stereocenters. The lowest BCUT2D eigenvalue weighted by Crippen LogP contribution is -2.11. The van der Waals surface area contributed by atoms with E-state index in [0.717, 1.165) is 21.3 Å². The van der Waals surface area contributed by atoms with Crippen LogP contribution in [0.1, 0.15) is 23.5 Å². The number of aromatic nitrogens is 1. The van der Waals surface area contributed by atoms with Crippen LogP contribution in [0, 0.1) is 6.92 Å². The SMILES string of the molecule is CNC(C)c1sc(-c2ccc(Cl)cc2)nc1C. The van der Waals surface area contributed by atoms with Crippen LogP contribution in [0.25, 0.3) is 10.6 Å². The molecule has 1 atom stereocenters. The number of aryl methyl sites for hydroxylation is 1. The van der Waals surface area contributed by atoms with Crippen LogP contribution in [0.3, 0.4) is 0 Å². The lowest BCUT2D eigenvalue weighted by molar-refractivity contribution is 0.658. The standard InChI is InChI=1S/C13H15ClN2S/c1-8(15-3)12-9(2)16-13(17-12)10-4-6-11(14)7-5-10/h4-8,15H,1-3H3. The molecule has 0 aliphatic heterocycles. The van der Waals surface area contributed by atoms with Gasteiger partial charge in [-0.1, -0.05) is 23.7 Å². The first kappa shape index (κ1) is 12.6. The number of benzene rings is 1. The minimum atomic E-state index is 0.341. The minimum Gasteiger partial charge on any atom is -0.312 e. The van der Waals surface area contributed by atoms with Crippen molar-refractivity contribution in [3.63, 3.8) is 0 Å². The van der Waals surface area contributed by atoms with E-state index < -0.39 is 0 Å². The molecule has 0 saturated carbocycles. The monoisotopic (exact) mass is 266 g/mol. The average Bonchev–Trinajstić information content (AvgIpc) is 2.71. The van der Waals surface area contributed by atoms with E-state index in [1.807, 2.05) is 31.3 Å². The van der Waals surface area contributed by atoms with Crippen LogP contribution in [0.5, 0.6) is 0 Å². The molecule has 0 radical (unpaired) electrons. The quantitative estimate of drug-likeness (QED) is 0.907. The van der Waals surface area contributed by atoms with Crippen molar-refractivity contribution in [1.82, 2.24) is 10.3 Å². The summed E-state index contributed by atoms with van der Waals surface area (Å²) in [5.74, 6) is 0. The van der Waals surface area contributed by atoms with E-state index in [1.54, 1.807) is 11.3 Å². The lowest BCUT2D eigenvalue weighted by atomic mass is 10.2. The lowest BCUT2D eigenvalue weighted by Gasteiger charge is -2.06. The maximum absolute atomic E-state index is 5.88. The first-order valence-electron chi connectivity index (χ1n) is 5.52. The molecule has 0 aliphatic rings. The van der Waals surface area contributed by atoms with Gasteiger partial charge in [0.25, 0.3) is 0 Å². The fraction of sp³-hybridized carbons (Fsp3) is 0.308. The van der Waals surface area contributed by atoms with Gasteiger partial charge < -0.3 is 5.32 Å². The van der Waals surface area contributed by atoms with E-state index >= 15 is 0 Å². The molecule has 1 aromatic heterocycles. The first-order chi connectivity index (χ1) is 8.11. The summed E-state index contributed by atoms with van der Waals surface area (Å²) in [5, 5.41) is 5.05. The third-order valence-electron chi connectivity index (χ3n) is 2.75. The van der Waals surface area contributed by atoms with Crippen molar-refractivity contribution in [3.05, 3.63) is 39.9 Å². The molecule has 17 heavy (non-hydrogen) atoms. The van der Waals surface area contributed by atoms with Crippen LogP contribution in [-0.4, -0.2) is 12.0 Å². The van der Waals surface area contributed by atoms with Crippen LogP contribution < -0.4 is 5.32 Å². The number of hydrogen-bond acceptors (Lipinski definition) is 3. The Kier molecular flexibility index (Phi) is 3.82. The topological polar surface area (TPSA) is 24.9 Å². The molecule has 4 heteroatoms. The molecule has 0 spiro atoms. The van der Waals surface area contributed by atoms with Crippen LogP contribution in [0.4, 0.5) is 0 Å². The van der Waals surface area contributed by atoms with Gasteiger partial charge >= 0.3 is 0 Å². The first-order valence-corrected chi connectivity index (χ1v) is 6.71. The Hall–Kier alpha value is -0.900. The summed E-state index contributed by atoms with van der Waals surface area (Å²) in [4.78, 5) is 5.90. The maximum Gasteiger partial charge on any atom is 0.123 e. The summed E-state index contributed by atoms with van der Waals surface area (Å²) >= 11 is 7.62.